The Morgan fingerprint density at radius 1 is 0.786 bits per heavy atom. The Morgan fingerprint density at radius 2 is 1.29 bits per heavy atom. The molecule has 14 heavy (non-hydrogen) atoms. The van der Waals surface area contributed by atoms with Crippen LogP contribution in [0.2, 0.25) is 0 Å². The number of rotatable bonds is 2. The van der Waals surface area contributed by atoms with Crippen molar-refractivity contribution in [3.8, 4) is 0 Å². The van der Waals surface area contributed by atoms with Crippen molar-refractivity contribution in [2.24, 2.45) is 0 Å². The van der Waals surface area contributed by atoms with E-state index in [1.807, 2.05) is 36.4 Å². The summed E-state index contributed by atoms with van der Waals surface area (Å²) < 4.78 is 0. The minimum atomic E-state index is 0. The Morgan fingerprint density at radius 3 is 1.64 bits per heavy atom. The van der Waals surface area contributed by atoms with Crippen LogP contribution in [0.25, 0.3) is 0 Å². The lowest BCUT2D eigenvalue weighted by molar-refractivity contribution is 1.01. The first-order valence-corrected chi connectivity index (χ1v) is 4.25. The highest BCUT2D eigenvalue weighted by molar-refractivity contribution is 5.14. The van der Waals surface area contributed by atoms with Crippen molar-refractivity contribution in [2.45, 2.75) is 6.42 Å². The topological polar surface area (TPSA) is 60.8 Å². The van der Waals surface area contributed by atoms with E-state index in [1.54, 1.807) is 12.4 Å². The third-order valence-electron chi connectivity index (χ3n) is 1.81. The van der Waals surface area contributed by atoms with Gasteiger partial charge in [0.15, 0.2) is 0 Å². The van der Waals surface area contributed by atoms with Gasteiger partial charge in [-0.15, -0.1) is 0 Å². The molecule has 0 amide bonds. The maximum atomic E-state index is 4.23. The smallest absolute Gasteiger partial charge is 0.0463 e. The summed E-state index contributed by atoms with van der Waals surface area (Å²) in [4.78, 5) is 8.47. The van der Waals surface area contributed by atoms with Crippen LogP contribution in [0.1, 0.15) is 11.4 Å². The van der Waals surface area contributed by atoms with Crippen molar-refractivity contribution in [2.75, 3.05) is 0 Å². The standard InChI is InChI=1S/C11H10N2.H3N/c1-3-7-12-10(5-1)9-11-6-2-4-8-13-11;/h1-8H,9H2;1H3. The molecule has 2 rings (SSSR count). The van der Waals surface area contributed by atoms with E-state index in [1.165, 1.54) is 0 Å². The van der Waals surface area contributed by atoms with E-state index in [4.69, 9.17) is 0 Å². The third-order valence-corrected chi connectivity index (χ3v) is 1.81. The largest absolute Gasteiger partial charge is 0.344 e. The normalized spacial score (nSPS) is 9.14. The highest BCUT2D eigenvalue weighted by Crippen LogP contribution is 2.02. The van der Waals surface area contributed by atoms with Gasteiger partial charge >= 0.3 is 0 Å². The average molecular weight is 187 g/mol. The summed E-state index contributed by atoms with van der Waals surface area (Å²) in [5.41, 5.74) is 2.11. The van der Waals surface area contributed by atoms with Crippen molar-refractivity contribution >= 4 is 0 Å². The fourth-order valence-corrected chi connectivity index (χ4v) is 1.19. The first-order valence-electron chi connectivity index (χ1n) is 4.25. The second-order valence-electron chi connectivity index (χ2n) is 2.82. The Balaban J connectivity index is 0.000000980. The molecular formula is C11H13N3. The predicted molar refractivity (Wildman–Crippen MR) is 56.3 cm³/mol. The maximum Gasteiger partial charge on any atom is 0.0463 e. The highest BCUT2D eigenvalue weighted by atomic mass is 14.7. The Bertz CT molecular complexity index is 321. The molecule has 72 valence electrons. The zero-order valence-corrected chi connectivity index (χ0v) is 7.93. The van der Waals surface area contributed by atoms with Crippen LogP contribution in [0, 0.1) is 0 Å². The fraction of sp³-hybridized carbons (Fsp3) is 0.0909. The minimum Gasteiger partial charge on any atom is -0.344 e. The molecule has 0 aromatic carbocycles. The average Bonchev–Trinajstić information content (AvgIpc) is 2.21. The van der Waals surface area contributed by atoms with E-state index in [9.17, 15) is 0 Å². The van der Waals surface area contributed by atoms with Crippen LogP contribution in [-0.4, -0.2) is 9.97 Å². The van der Waals surface area contributed by atoms with Crippen LogP contribution in [0.15, 0.2) is 48.8 Å². The second-order valence-corrected chi connectivity index (χ2v) is 2.82. The second kappa shape index (κ2) is 5.09. The van der Waals surface area contributed by atoms with Crippen LogP contribution in [0.3, 0.4) is 0 Å². The highest BCUT2D eigenvalue weighted by Gasteiger charge is 1.95. The molecule has 0 fully saturated rings. The van der Waals surface area contributed by atoms with Crippen LogP contribution in [0.4, 0.5) is 0 Å². The summed E-state index contributed by atoms with van der Waals surface area (Å²) in [6.07, 6.45) is 4.41. The molecule has 2 heterocycles. The summed E-state index contributed by atoms with van der Waals surface area (Å²) in [5.74, 6) is 0. The first-order chi connectivity index (χ1) is 6.45. The van der Waals surface area contributed by atoms with Gasteiger partial charge in [0.25, 0.3) is 0 Å². The summed E-state index contributed by atoms with van der Waals surface area (Å²) in [6, 6.07) is 11.8. The van der Waals surface area contributed by atoms with Crippen LogP contribution >= 0.6 is 0 Å². The molecule has 0 saturated carbocycles. The lowest BCUT2D eigenvalue weighted by Crippen LogP contribution is -1.92. The van der Waals surface area contributed by atoms with Crippen molar-refractivity contribution in [1.82, 2.24) is 16.1 Å². The predicted octanol–water partition coefficient (Wildman–Crippen LogP) is 2.23. The van der Waals surface area contributed by atoms with Crippen molar-refractivity contribution in [3.05, 3.63) is 60.2 Å². The van der Waals surface area contributed by atoms with Crippen LogP contribution in [-0.2, 0) is 6.42 Å². The van der Waals surface area contributed by atoms with E-state index in [2.05, 4.69) is 9.97 Å². The summed E-state index contributed by atoms with van der Waals surface area (Å²) in [7, 11) is 0. The van der Waals surface area contributed by atoms with E-state index >= 15 is 0 Å². The SMILES string of the molecule is N.c1ccc(Cc2ccccn2)nc1. The lowest BCUT2D eigenvalue weighted by atomic mass is 10.2. The molecule has 0 aliphatic carbocycles. The molecule has 3 N–H and O–H groups in total. The number of nitrogens with zero attached hydrogens (tertiary/aromatic N) is 2. The molecule has 2 aromatic heterocycles. The lowest BCUT2D eigenvalue weighted by Gasteiger charge is -1.98. The molecule has 0 unspecified atom stereocenters. The van der Waals surface area contributed by atoms with Crippen molar-refractivity contribution in [3.63, 3.8) is 0 Å². The summed E-state index contributed by atoms with van der Waals surface area (Å²) in [6.45, 7) is 0. The van der Waals surface area contributed by atoms with Gasteiger partial charge in [-0.1, -0.05) is 12.1 Å². The van der Waals surface area contributed by atoms with Gasteiger partial charge in [0, 0.05) is 30.2 Å². The summed E-state index contributed by atoms with van der Waals surface area (Å²) >= 11 is 0. The van der Waals surface area contributed by atoms with Gasteiger partial charge in [-0.3, -0.25) is 9.97 Å². The molecule has 0 bridgehead atoms. The minimum absolute atomic E-state index is 0. The molecular weight excluding hydrogens is 174 g/mol. The number of pyridine rings is 2. The molecule has 0 radical (unpaired) electrons. The number of aromatic nitrogens is 2. The third kappa shape index (κ3) is 2.64. The van der Waals surface area contributed by atoms with Crippen molar-refractivity contribution in [1.29, 1.82) is 0 Å². The molecule has 3 heteroatoms. The molecule has 0 saturated heterocycles. The molecule has 0 atom stereocenters. The molecule has 3 nitrogen and oxygen atoms in total. The van der Waals surface area contributed by atoms with E-state index in [0.29, 0.717) is 0 Å². The van der Waals surface area contributed by atoms with Gasteiger partial charge in [0.2, 0.25) is 0 Å². The van der Waals surface area contributed by atoms with Gasteiger partial charge < -0.3 is 6.15 Å². The number of hydrogen-bond donors (Lipinski definition) is 1. The zero-order chi connectivity index (χ0) is 8.93. The van der Waals surface area contributed by atoms with Gasteiger partial charge in [-0.25, -0.2) is 0 Å². The first kappa shape index (κ1) is 10.3. The molecule has 0 aliphatic rings. The Hall–Kier alpha value is -1.74. The zero-order valence-electron chi connectivity index (χ0n) is 7.93. The van der Waals surface area contributed by atoms with E-state index in [-0.39, 0.29) is 6.15 Å². The fourth-order valence-electron chi connectivity index (χ4n) is 1.19. The Labute approximate surface area is 83.4 Å². The molecule has 0 spiro atoms. The quantitative estimate of drug-likeness (QED) is 0.784. The van der Waals surface area contributed by atoms with Gasteiger partial charge in [-0.2, -0.15) is 0 Å². The van der Waals surface area contributed by atoms with Gasteiger partial charge in [0.05, 0.1) is 0 Å². The summed E-state index contributed by atoms with van der Waals surface area (Å²) in [5, 5.41) is 0. The van der Waals surface area contributed by atoms with Gasteiger partial charge in [-0.05, 0) is 24.3 Å². The number of hydrogen-bond acceptors (Lipinski definition) is 3. The van der Waals surface area contributed by atoms with Gasteiger partial charge in [0.1, 0.15) is 0 Å². The van der Waals surface area contributed by atoms with Crippen LogP contribution in [0.5, 0.6) is 0 Å². The van der Waals surface area contributed by atoms with Crippen molar-refractivity contribution < 1.29 is 0 Å². The van der Waals surface area contributed by atoms with Crippen LogP contribution < -0.4 is 6.15 Å². The van der Waals surface area contributed by atoms with E-state index in [0.717, 1.165) is 17.8 Å². The monoisotopic (exact) mass is 187 g/mol. The molecule has 0 aliphatic heterocycles. The Kier molecular flexibility index (Phi) is 3.76. The maximum absolute atomic E-state index is 4.23. The molecule has 2 aromatic rings. The van der Waals surface area contributed by atoms with E-state index < -0.39 is 0 Å².